The third-order valence-electron chi connectivity index (χ3n) is 2.34. The molecule has 1 aromatic rings. The number of nitrogens with two attached hydrogens (primary N) is 1. The van der Waals surface area contributed by atoms with Gasteiger partial charge in [0.1, 0.15) is 5.75 Å². The van der Waals surface area contributed by atoms with E-state index in [9.17, 15) is 9.90 Å². The summed E-state index contributed by atoms with van der Waals surface area (Å²) < 4.78 is 0. The quantitative estimate of drug-likeness (QED) is 0.552. The van der Waals surface area contributed by atoms with Crippen LogP contribution < -0.4 is 11.1 Å². The van der Waals surface area contributed by atoms with Gasteiger partial charge in [0.2, 0.25) is 0 Å². The van der Waals surface area contributed by atoms with Crippen LogP contribution in [0.2, 0.25) is 0 Å². The molecule has 0 heterocycles. The number of nitrogen functional groups attached to an aromatic ring is 1. The van der Waals surface area contributed by atoms with Crippen LogP contribution in [0, 0.1) is 5.92 Å². The fourth-order valence-electron chi connectivity index (χ4n) is 1.45. The summed E-state index contributed by atoms with van der Waals surface area (Å²) in [6.07, 6.45) is 2.03. The standard InChI is InChI=1S/C12H18N2O2S/c1-8(7-17-2)6-14-12(16)10-5-9(15)3-4-11(10)13/h3-5,8,15H,6-7,13H2,1-2H3,(H,14,16). The number of amides is 1. The zero-order valence-electron chi connectivity index (χ0n) is 10.1. The van der Waals surface area contributed by atoms with Crippen molar-refractivity contribution in [1.82, 2.24) is 5.32 Å². The van der Waals surface area contributed by atoms with E-state index in [1.807, 2.05) is 6.26 Å². The van der Waals surface area contributed by atoms with Crippen molar-refractivity contribution in [1.29, 1.82) is 0 Å². The first-order chi connectivity index (χ1) is 8.04. The van der Waals surface area contributed by atoms with Gasteiger partial charge < -0.3 is 16.2 Å². The molecule has 0 radical (unpaired) electrons. The molecule has 4 nitrogen and oxygen atoms in total. The molecule has 0 bridgehead atoms. The molecule has 0 aliphatic carbocycles. The first-order valence-corrected chi connectivity index (χ1v) is 6.79. The minimum absolute atomic E-state index is 0.0431. The van der Waals surface area contributed by atoms with Gasteiger partial charge in [0.05, 0.1) is 5.56 Å². The van der Waals surface area contributed by atoms with Crippen LogP contribution in [0.25, 0.3) is 0 Å². The molecule has 1 unspecified atom stereocenters. The molecule has 1 aromatic carbocycles. The minimum Gasteiger partial charge on any atom is -0.508 e. The summed E-state index contributed by atoms with van der Waals surface area (Å²) in [5, 5.41) is 12.1. The van der Waals surface area contributed by atoms with Crippen molar-refractivity contribution >= 4 is 23.4 Å². The lowest BCUT2D eigenvalue weighted by Crippen LogP contribution is -2.29. The van der Waals surface area contributed by atoms with Gasteiger partial charge in [-0.3, -0.25) is 4.79 Å². The molecule has 0 saturated carbocycles. The summed E-state index contributed by atoms with van der Waals surface area (Å²) in [7, 11) is 0. The largest absolute Gasteiger partial charge is 0.508 e. The topological polar surface area (TPSA) is 75.3 Å². The second kappa shape index (κ2) is 6.39. The van der Waals surface area contributed by atoms with Crippen LogP contribution >= 0.6 is 11.8 Å². The van der Waals surface area contributed by atoms with E-state index in [1.165, 1.54) is 18.2 Å². The number of carbonyl (C=O) groups is 1. The first kappa shape index (κ1) is 13.7. The van der Waals surface area contributed by atoms with E-state index < -0.39 is 0 Å². The number of hydrogen-bond acceptors (Lipinski definition) is 4. The van der Waals surface area contributed by atoms with Gasteiger partial charge in [-0.1, -0.05) is 6.92 Å². The van der Waals surface area contributed by atoms with Gasteiger partial charge >= 0.3 is 0 Å². The molecule has 1 atom stereocenters. The third-order valence-corrected chi connectivity index (χ3v) is 3.25. The van der Waals surface area contributed by atoms with Crippen molar-refractivity contribution in [2.24, 2.45) is 5.92 Å². The summed E-state index contributed by atoms with van der Waals surface area (Å²) in [4.78, 5) is 11.8. The van der Waals surface area contributed by atoms with Crippen molar-refractivity contribution in [2.75, 3.05) is 24.3 Å². The van der Waals surface area contributed by atoms with Crippen LogP contribution in [0.4, 0.5) is 5.69 Å². The molecule has 4 N–H and O–H groups in total. The number of nitrogens with one attached hydrogen (secondary N) is 1. The average molecular weight is 254 g/mol. The summed E-state index contributed by atoms with van der Waals surface area (Å²) in [5.74, 6) is 1.20. The molecule has 0 fully saturated rings. The van der Waals surface area contributed by atoms with Crippen molar-refractivity contribution in [3.63, 3.8) is 0 Å². The summed E-state index contributed by atoms with van der Waals surface area (Å²) in [6, 6.07) is 4.36. The van der Waals surface area contributed by atoms with E-state index in [0.29, 0.717) is 23.7 Å². The Morgan fingerprint density at radius 2 is 2.29 bits per heavy atom. The smallest absolute Gasteiger partial charge is 0.253 e. The molecular weight excluding hydrogens is 236 g/mol. The lowest BCUT2D eigenvalue weighted by molar-refractivity contribution is 0.0950. The molecular formula is C12H18N2O2S. The molecule has 1 amide bonds. The third kappa shape index (κ3) is 4.19. The Bertz CT molecular complexity index is 396. The first-order valence-electron chi connectivity index (χ1n) is 5.40. The maximum Gasteiger partial charge on any atom is 0.253 e. The van der Waals surface area contributed by atoms with Gasteiger partial charge in [0.25, 0.3) is 5.91 Å². The van der Waals surface area contributed by atoms with Gasteiger partial charge in [-0.25, -0.2) is 0 Å². The second-order valence-corrected chi connectivity index (χ2v) is 4.95. The van der Waals surface area contributed by atoms with E-state index in [1.54, 1.807) is 11.8 Å². The van der Waals surface area contributed by atoms with Crippen molar-refractivity contribution < 1.29 is 9.90 Å². The van der Waals surface area contributed by atoms with Gasteiger partial charge in [-0.2, -0.15) is 11.8 Å². The maximum atomic E-state index is 11.8. The number of carbonyl (C=O) groups excluding carboxylic acids is 1. The SMILES string of the molecule is CSCC(C)CNC(=O)c1cc(O)ccc1N. The van der Waals surface area contributed by atoms with Crippen LogP contribution in [-0.4, -0.2) is 29.6 Å². The van der Waals surface area contributed by atoms with E-state index in [2.05, 4.69) is 12.2 Å². The summed E-state index contributed by atoms with van der Waals surface area (Å²) in [5.41, 5.74) is 6.37. The Hall–Kier alpha value is -1.36. The Kier molecular flexibility index (Phi) is 5.15. The van der Waals surface area contributed by atoms with E-state index in [4.69, 9.17) is 5.73 Å². The molecule has 94 valence electrons. The van der Waals surface area contributed by atoms with E-state index in [0.717, 1.165) is 5.75 Å². The predicted octanol–water partition coefficient (Wildman–Crippen LogP) is 1.70. The number of phenolic OH excluding ortho intramolecular Hbond substituents is 1. The Morgan fingerprint density at radius 3 is 2.94 bits per heavy atom. The normalized spacial score (nSPS) is 12.1. The van der Waals surface area contributed by atoms with Crippen molar-refractivity contribution in [3.8, 4) is 5.75 Å². The van der Waals surface area contributed by atoms with E-state index >= 15 is 0 Å². The van der Waals surface area contributed by atoms with Crippen LogP contribution in [0.1, 0.15) is 17.3 Å². The van der Waals surface area contributed by atoms with E-state index in [-0.39, 0.29) is 11.7 Å². The highest BCUT2D eigenvalue weighted by Gasteiger charge is 2.11. The Morgan fingerprint density at radius 1 is 1.59 bits per heavy atom. The monoisotopic (exact) mass is 254 g/mol. The molecule has 5 heteroatoms. The fourth-order valence-corrected chi connectivity index (χ4v) is 2.13. The lowest BCUT2D eigenvalue weighted by atomic mass is 10.1. The number of aromatic hydroxyl groups is 1. The highest BCUT2D eigenvalue weighted by atomic mass is 32.2. The molecule has 1 rings (SSSR count). The average Bonchev–Trinajstić information content (AvgIpc) is 2.29. The van der Waals surface area contributed by atoms with Crippen molar-refractivity contribution in [3.05, 3.63) is 23.8 Å². The maximum absolute atomic E-state index is 11.8. The second-order valence-electron chi connectivity index (χ2n) is 4.04. The Balaban J connectivity index is 2.61. The van der Waals surface area contributed by atoms with Crippen molar-refractivity contribution in [2.45, 2.75) is 6.92 Å². The molecule has 0 saturated heterocycles. The number of thioether (sulfide) groups is 1. The van der Waals surface area contributed by atoms with Crippen LogP contribution in [0.15, 0.2) is 18.2 Å². The number of phenols is 1. The number of anilines is 1. The number of benzene rings is 1. The highest BCUT2D eigenvalue weighted by molar-refractivity contribution is 7.98. The lowest BCUT2D eigenvalue weighted by Gasteiger charge is -2.12. The molecule has 0 aliphatic heterocycles. The molecule has 0 aliphatic rings. The molecule has 0 aromatic heterocycles. The minimum atomic E-state index is -0.244. The fraction of sp³-hybridized carbons (Fsp3) is 0.417. The van der Waals surface area contributed by atoms with Crippen LogP contribution in [0.3, 0.4) is 0 Å². The summed E-state index contributed by atoms with van der Waals surface area (Å²) in [6.45, 7) is 2.68. The zero-order valence-corrected chi connectivity index (χ0v) is 10.9. The van der Waals surface area contributed by atoms with Crippen LogP contribution in [0.5, 0.6) is 5.75 Å². The number of hydrogen-bond donors (Lipinski definition) is 3. The molecule has 0 spiro atoms. The highest BCUT2D eigenvalue weighted by Crippen LogP contribution is 2.18. The zero-order chi connectivity index (χ0) is 12.8. The van der Waals surface area contributed by atoms with Gasteiger partial charge in [-0.05, 0) is 36.1 Å². The van der Waals surface area contributed by atoms with Gasteiger partial charge in [0.15, 0.2) is 0 Å². The Labute approximate surface area is 106 Å². The number of rotatable bonds is 5. The summed E-state index contributed by atoms with van der Waals surface area (Å²) >= 11 is 1.75. The predicted molar refractivity (Wildman–Crippen MR) is 72.4 cm³/mol. The van der Waals surface area contributed by atoms with Crippen LogP contribution in [-0.2, 0) is 0 Å². The molecule has 17 heavy (non-hydrogen) atoms. The van der Waals surface area contributed by atoms with Gasteiger partial charge in [0, 0.05) is 12.2 Å². The van der Waals surface area contributed by atoms with Gasteiger partial charge in [-0.15, -0.1) is 0 Å².